The van der Waals surface area contributed by atoms with Crippen molar-refractivity contribution >= 4 is 10.0 Å². The van der Waals surface area contributed by atoms with Crippen LogP contribution >= 0.6 is 0 Å². The molecule has 0 aliphatic heterocycles. The molecule has 1 aliphatic carbocycles. The average Bonchev–Trinajstić information content (AvgIpc) is 2.53. The summed E-state index contributed by atoms with van der Waals surface area (Å²) in [6.45, 7) is 4.88. The van der Waals surface area contributed by atoms with Gasteiger partial charge in [0.25, 0.3) is 0 Å². The quantitative estimate of drug-likeness (QED) is 0.837. The summed E-state index contributed by atoms with van der Waals surface area (Å²) in [5, 5.41) is 0. The minimum atomic E-state index is -3.46. The molecule has 124 valence electrons. The molecule has 0 radical (unpaired) electrons. The highest BCUT2D eigenvalue weighted by Crippen LogP contribution is 2.28. The minimum absolute atomic E-state index is 0.0227. The first-order valence-electron chi connectivity index (χ1n) is 8.21. The Morgan fingerprint density at radius 1 is 1.18 bits per heavy atom. The predicted molar refractivity (Wildman–Crippen MR) is 88.4 cm³/mol. The minimum Gasteiger partial charge on any atom is -0.377 e. The Morgan fingerprint density at radius 3 is 2.41 bits per heavy atom. The zero-order valence-corrected chi connectivity index (χ0v) is 14.4. The summed E-state index contributed by atoms with van der Waals surface area (Å²) in [6.07, 6.45) is 5.97. The lowest BCUT2D eigenvalue weighted by atomic mass is 9.85. The van der Waals surface area contributed by atoms with Gasteiger partial charge in [0.2, 0.25) is 10.0 Å². The summed E-state index contributed by atoms with van der Waals surface area (Å²) < 4.78 is 33.3. The van der Waals surface area contributed by atoms with E-state index in [0.717, 1.165) is 18.4 Å². The van der Waals surface area contributed by atoms with Crippen molar-refractivity contribution in [1.82, 2.24) is 4.72 Å². The Kier molecular flexibility index (Phi) is 6.41. The highest BCUT2D eigenvalue weighted by molar-refractivity contribution is 7.89. The largest absolute Gasteiger partial charge is 0.377 e. The van der Waals surface area contributed by atoms with Crippen molar-refractivity contribution in [2.24, 2.45) is 5.92 Å². The molecular weight excluding hydrogens is 298 g/mol. The summed E-state index contributed by atoms with van der Waals surface area (Å²) in [7, 11) is -3.46. The normalized spacial score (nSPS) is 18.3. The van der Waals surface area contributed by atoms with Crippen LogP contribution in [0.2, 0.25) is 0 Å². The van der Waals surface area contributed by atoms with Gasteiger partial charge in [0.05, 0.1) is 11.0 Å². The third kappa shape index (κ3) is 4.80. The van der Waals surface area contributed by atoms with Gasteiger partial charge in [-0.1, -0.05) is 37.0 Å². The molecule has 0 saturated heterocycles. The lowest BCUT2D eigenvalue weighted by molar-refractivity contribution is 0.0113. The second-order valence-electron chi connectivity index (χ2n) is 6.06. The first-order valence-corrected chi connectivity index (χ1v) is 9.69. The summed E-state index contributed by atoms with van der Waals surface area (Å²) in [5.41, 5.74) is 1.05. The highest BCUT2D eigenvalue weighted by atomic mass is 32.2. The van der Waals surface area contributed by atoms with Gasteiger partial charge in [-0.3, -0.25) is 0 Å². The molecule has 1 aromatic carbocycles. The number of hydrogen-bond acceptors (Lipinski definition) is 3. The van der Waals surface area contributed by atoms with E-state index >= 15 is 0 Å². The van der Waals surface area contributed by atoms with Gasteiger partial charge in [-0.15, -0.1) is 0 Å². The Labute approximate surface area is 134 Å². The number of hydrogen-bond donors (Lipinski definition) is 1. The van der Waals surface area contributed by atoms with E-state index in [2.05, 4.69) is 4.72 Å². The third-order valence-corrected chi connectivity index (χ3v) is 5.80. The molecule has 5 heteroatoms. The maximum absolute atomic E-state index is 12.4. The van der Waals surface area contributed by atoms with Crippen LogP contribution in [0.5, 0.6) is 0 Å². The molecule has 1 saturated carbocycles. The standard InChI is InChI=1S/C17H27NO3S/c1-3-21-17(15-7-5-4-6-8-15)13-18-22(19,20)16-11-9-14(2)10-12-16/h9-12,15,17-18H,3-8,13H2,1-2H3. The first-order chi connectivity index (χ1) is 10.5. The van der Waals surface area contributed by atoms with E-state index < -0.39 is 10.0 Å². The van der Waals surface area contributed by atoms with E-state index in [1.807, 2.05) is 26.0 Å². The van der Waals surface area contributed by atoms with Crippen LogP contribution in [0.1, 0.15) is 44.6 Å². The van der Waals surface area contributed by atoms with E-state index in [0.29, 0.717) is 24.0 Å². The molecule has 0 bridgehead atoms. The topological polar surface area (TPSA) is 55.4 Å². The fourth-order valence-electron chi connectivity index (χ4n) is 3.07. The Bertz CT molecular complexity index is 548. The van der Waals surface area contributed by atoms with Crippen LogP contribution < -0.4 is 4.72 Å². The second kappa shape index (κ2) is 8.09. The molecule has 4 nitrogen and oxygen atoms in total. The fraction of sp³-hybridized carbons (Fsp3) is 0.647. The fourth-order valence-corrected chi connectivity index (χ4v) is 4.12. The van der Waals surface area contributed by atoms with E-state index in [-0.39, 0.29) is 6.10 Å². The number of rotatable bonds is 7. The van der Waals surface area contributed by atoms with Crippen molar-refractivity contribution in [2.75, 3.05) is 13.2 Å². The molecule has 0 amide bonds. The number of sulfonamides is 1. The van der Waals surface area contributed by atoms with Crippen LogP contribution in [-0.2, 0) is 14.8 Å². The van der Waals surface area contributed by atoms with Gasteiger partial charge in [-0.25, -0.2) is 13.1 Å². The Balaban J connectivity index is 1.99. The molecule has 1 fully saturated rings. The van der Waals surface area contributed by atoms with Gasteiger partial charge in [0, 0.05) is 13.2 Å². The van der Waals surface area contributed by atoms with Crippen molar-refractivity contribution in [3.05, 3.63) is 29.8 Å². The molecule has 1 aliphatic rings. The smallest absolute Gasteiger partial charge is 0.240 e. The molecule has 1 unspecified atom stereocenters. The number of ether oxygens (including phenoxy) is 1. The molecule has 22 heavy (non-hydrogen) atoms. The van der Waals surface area contributed by atoms with Crippen LogP contribution in [-0.4, -0.2) is 27.7 Å². The molecule has 1 N–H and O–H groups in total. The van der Waals surface area contributed by atoms with Crippen LogP contribution in [0, 0.1) is 12.8 Å². The summed E-state index contributed by atoms with van der Waals surface area (Å²) in [4.78, 5) is 0.317. The molecule has 0 spiro atoms. The molecule has 1 aromatic rings. The van der Waals surface area contributed by atoms with Gasteiger partial charge in [0.15, 0.2) is 0 Å². The van der Waals surface area contributed by atoms with Crippen molar-refractivity contribution < 1.29 is 13.2 Å². The van der Waals surface area contributed by atoms with Crippen molar-refractivity contribution in [2.45, 2.75) is 57.0 Å². The number of aryl methyl sites for hydroxylation is 1. The second-order valence-corrected chi connectivity index (χ2v) is 7.82. The monoisotopic (exact) mass is 325 g/mol. The van der Waals surface area contributed by atoms with Crippen LogP contribution in [0.15, 0.2) is 29.2 Å². The average molecular weight is 325 g/mol. The van der Waals surface area contributed by atoms with E-state index in [4.69, 9.17) is 4.74 Å². The Hall–Kier alpha value is -0.910. The van der Waals surface area contributed by atoms with Crippen molar-refractivity contribution in [3.8, 4) is 0 Å². The van der Waals surface area contributed by atoms with Crippen molar-refractivity contribution in [1.29, 1.82) is 0 Å². The van der Waals surface area contributed by atoms with Crippen LogP contribution in [0.25, 0.3) is 0 Å². The lowest BCUT2D eigenvalue weighted by Crippen LogP contribution is -2.39. The molecule has 0 heterocycles. The summed E-state index contributed by atoms with van der Waals surface area (Å²) in [5.74, 6) is 0.467. The van der Waals surface area contributed by atoms with Crippen LogP contribution in [0.4, 0.5) is 0 Å². The maximum Gasteiger partial charge on any atom is 0.240 e. The highest BCUT2D eigenvalue weighted by Gasteiger charge is 2.26. The van der Waals surface area contributed by atoms with Gasteiger partial charge < -0.3 is 4.74 Å². The lowest BCUT2D eigenvalue weighted by Gasteiger charge is -2.30. The van der Waals surface area contributed by atoms with E-state index in [1.165, 1.54) is 19.3 Å². The molecule has 0 aromatic heterocycles. The summed E-state index contributed by atoms with van der Waals surface area (Å²) >= 11 is 0. The van der Waals surface area contributed by atoms with Gasteiger partial charge >= 0.3 is 0 Å². The zero-order chi connectivity index (χ0) is 16.0. The van der Waals surface area contributed by atoms with Gasteiger partial charge in [-0.2, -0.15) is 0 Å². The maximum atomic E-state index is 12.4. The zero-order valence-electron chi connectivity index (χ0n) is 13.5. The number of benzene rings is 1. The van der Waals surface area contributed by atoms with Crippen LogP contribution in [0.3, 0.4) is 0 Å². The third-order valence-electron chi connectivity index (χ3n) is 4.36. The SMILES string of the molecule is CCOC(CNS(=O)(=O)c1ccc(C)cc1)C1CCCCC1. The van der Waals surface area contributed by atoms with E-state index in [1.54, 1.807) is 12.1 Å². The summed E-state index contributed by atoms with van der Waals surface area (Å²) in [6, 6.07) is 6.92. The van der Waals surface area contributed by atoms with Crippen molar-refractivity contribution in [3.63, 3.8) is 0 Å². The molecule has 1 atom stereocenters. The molecular formula is C17H27NO3S. The van der Waals surface area contributed by atoms with E-state index in [9.17, 15) is 8.42 Å². The van der Waals surface area contributed by atoms with Gasteiger partial charge in [-0.05, 0) is 44.7 Å². The first kappa shape index (κ1) is 17.4. The number of nitrogens with one attached hydrogen (secondary N) is 1. The Morgan fingerprint density at radius 2 is 1.82 bits per heavy atom. The molecule has 2 rings (SSSR count). The van der Waals surface area contributed by atoms with Gasteiger partial charge in [0.1, 0.15) is 0 Å². The predicted octanol–water partition coefficient (Wildman–Crippen LogP) is 3.26.